The van der Waals surface area contributed by atoms with Crippen molar-refractivity contribution in [3.63, 3.8) is 0 Å². The Morgan fingerprint density at radius 3 is 2.29 bits per heavy atom. The minimum Gasteiger partial charge on any atom is -0.325 e. The first kappa shape index (κ1) is 14.5. The number of amides is 1. The van der Waals surface area contributed by atoms with Crippen LogP contribution in [0.3, 0.4) is 0 Å². The second-order valence-electron chi connectivity index (χ2n) is 6.17. The molecule has 0 bridgehead atoms. The Hall–Kier alpha value is -1.39. The standard InChI is InChI=1S/C17H25N3O/c21-17(14-20-11-5-6-12-20)18-16-8-2-1-7-15(16)13-19-9-3-4-10-19/h1-2,7-8H,3-6,9-14H2,(H,18,21). The highest BCUT2D eigenvalue weighted by Crippen LogP contribution is 2.20. The van der Waals surface area contributed by atoms with E-state index in [1.54, 1.807) is 0 Å². The number of benzene rings is 1. The second-order valence-corrected chi connectivity index (χ2v) is 6.17. The third-order valence-corrected chi connectivity index (χ3v) is 4.45. The first-order valence-electron chi connectivity index (χ1n) is 8.14. The van der Waals surface area contributed by atoms with Crippen LogP contribution in [-0.2, 0) is 11.3 Å². The highest BCUT2D eigenvalue weighted by molar-refractivity contribution is 5.93. The molecule has 0 spiro atoms. The molecule has 1 aromatic carbocycles. The molecule has 3 rings (SSSR count). The summed E-state index contributed by atoms with van der Waals surface area (Å²) in [5.41, 5.74) is 2.21. The Bertz CT molecular complexity index is 477. The third-order valence-electron chi connectivity index (χ3n) is 4.45. The topological polar surface area (TPSA) is 35.6 Å². The number of para-hydroxylation sites is 1. The maximum absolute atomic E-state index is 12.2. The summed E-state index contributed by atoms with van der Waals surface area (Å²) < 4.78 is 0. The predicted molar refractivity (Wildman–Crippen MR) is 85.3 cm³/mol. The van der Waals surface area contributed by atoms with Crippen molar-refractivity contribution in [3.8, 4) is 0 Å². The molecule has 114 valence electrons. The SMILES string of the molecule is O=C(CN1CCCC1)Nc1ccccc1CN1CCCC1. The van der Waals surface area contributed by atoms with Crippen molar-refractivity contribution in [2.45, 2.75) is 32.2 Å². The van der Waals surface area contributed by atoms with Gasteiger partial charge in [0.1, 0.15) is 0 Å². The molecule has 4 nitrogen and oxygen atoms in total. The lowest BCUT2D eigenvalue weighted by Crippen LogP contribution is -2.31. The number of nitrogens with one attached hydrogen (secondary N) is 1. The molecule has 2 aliphatic heterocycles. The molecule has 0 atom stereocenters. The molecule has 2 fully saturated rings. The largest absolute Gasteiger partial charge is 0.325 e. The third kappa shape index (κ3) is 4.05. The Labute approximate surface area is 127 Å². The predicted octanol–water partition coefficient (Wildman–Crippen LogP) is 2.32. The molecule has 2 heterocycles. The van der Waals surface area contributed by atoms with Crippen LogP contribution in [0.15, 0.2) is 24.3 Å². The molecule has 0 aliphatic carbocycles. The van der Waals surface area contributed by atoms with Gasteiger partial charge in [0.25, 0.3) is 0 Å². The van der Waals surface area contributed by atoms with Crippen LogP contribution in [0.1, 0.15) is 31.2 Å². The Kier molecular flexibility index (Phi) is 4.88. The molecule has 0 aromatic heterocycles. The summed E-state index contributed by atoms with van der Waals surface area (Å²) in [5, 5.41) is 3.10. The van der Waals surface area contributed by atoms with Crippen molar-refractivity contribution in [2.24, 2.45) is 0 Å². The van der Waals surface area contributed by atoms with Crippen LogP contribution >= 0.6 is 0 Å². The van der Waals surface area contributed by atoms with Gasteiger partial charge in [-0.25, -0.2) is 0 Å². The van der Waals surface area contributed by atoms with E-state index in [1.807, 2.05) is 12.1 Å². The summed E-state index contributed by atoms with van der Waals surface area (Å²) in [4.78, 5) is 16.9. The van der Waals surface area contributed by atoms with Gasteiger partial charge in [0.2, 0.25) is 5.91 Å². The van der Waals surface area contributed by atoms with E-state index < -0.39 is 0 Å². The van der Waals surface area contributed by atoms with Crippen LogP contribution in [0.25, 0.3) is 0 Å². The van der Waals surface area contributed by atoms with Gasteiger partial charge in [0.05, 0.1) is 6.54 Å². The smallest absolute Gasteiger partial charge is 0.238 e. The monoisotopic (exact) mass is 287 g/mol. The average Bonchev–Trinajstić information content (AvgIpc) is 3.14. The molecule has 0 unspecified atom stereocenters. The zero-order chi connectivity index (χ0) is 14.5. The minimum absolute atomic E-state index is 0.116. The van der Waals surface area contributed by atoms with E-state index in [1.165, 1.54) is 44.3 Å². The van der Waals surface area contributed by atoms with Gasteiger partial charge in [-0.2, -0.15) is 0 Å². The number of carbonyl (C=O) groups is 1. The highest BCUT2D eigenvalue weighted by Gasteiger charge is 2.17. The van der Waals surface area contributed by atoms with Crippen LogP contribution in [0.4, 0.5) is 5.69 Å². The molecule has 21 heavy (non-hydrogen) atoms. The van der Waals surface area contributed by atoms with E-state index in [-0.39, 0.29) is 5.91 Å². The number of nitrogens with zero attached hydrogens (tertiary/aromatic N) is 2. The van der Waals surface area contributed by atoms with Gasteiger partial charge in [-0.1, -0.05) is 18.2 Å². The molecule has 0 radical (unpaired) electrons. The number of rotatable bonds is 5. The van der Waals surface area contributed by atoms with Crippen LogP contribution in [0.2, 0.25) is 0 Å². The van der Waals surface area contributed by atoms with E-state index in [9.17, 15) is 4.79 Å². The molecular formula is C17H25N3O. The fourth-order valence-electron chi connectivity index (χ4n) is 3.30. The number of likely N-dealkylation sites (tertiary alicyclic amines) is 2. The highest BCUT2D eigenvalue weighted by atomic mass is 16.2. The van der Waals surface area contributed by atoms with Crippen LogP contribution in [0.5, 0.6) is 0 Å². The first-order chi connectivity index (χ1) is 10.3. The summed E-state index contributed by atoms with van der Waals surface area (Å²) in [6.45, 7) is 5.94. The van der Waals surface area contributed by atoms with E-state index >= 15 is 0 Å². The van der Waals surface area contributed by atoms with E-state index in [0.717, 1.165) is 25.3 Å². The average molecular weight is 287 g/mol. The van der Waals surface area contributed by atoms with Gasteiger partial charge in [-0.3, -0.25) is 14.6 Å². The summed E-state index contributed by atoms with van der Waals surface area (Å²) in [6.07, 6.45) is 5.03. The van der Waals surface area contributed by atoms with Gasteiger partial charge in [-0.05, 0) is 63.5 Å². The van der Waals surface area contributed by atoms with Gasteiger partial charge >= 0.3 is 0 Å². The molecule has 2 saturated heterocycles. The lowest BCUT2D eigenvalue weighted by molar-refractivity contribution is -0.117. The van der Waals surface area contributed by atoms with Gasteiger partial charge in [0.15, 0.2) is 0 Å². The summed E-state index contributed by atoms with van der Waals surface area (Å²) in [7, 11) is 0. The normalized spacial score (nSPS) is 20.0. The van der Waals surface area contributed by atoms with Crippen molar-refractivity contribution < 1.29 is 4.79 Å². The Morgan fingerprint density at radius 2 is 1.57 bits per heavy atom. The molecular weight excluding hydrogens is 262 g/mol. The molecule has 1 amide bonds. The second kappa shape index (κ2) is 7.05. The minimum atomic E-state index is 0.116. The van der Waals surface area contributed by atoms with Crippen molar-refractivity contribution in [2.75, 3.05) is 38.0 Å². The van der Waals surface area contributed by atoms with Crippen molar-refractivity contribution in [1.29, 1.82) is 0 Å². The molecule has 4 heteroatoms. The van der Waals surface area contributed by atoms with E-state index in [4.69, 9.17) is 0 Å². The van der Waals surface area contributed by atoms with Crippen molar-refractivity contribution in [3.05, 3.63) is 29.8 Å². The zero-order valence-electron chi connectivity index (χ0n) is 12.7. The fourth-order valence-corrected chi connectivity index (χ4v) is 3.30. The molecule has 1 aromatic rings. The lowest BCUT2D eigenvalue weighted by atomic mass is 10.1. The van der Waals surface area contributed by atoms with Crippen LogP contribution < -0.4 is 5.32 Å². The Balaban J connectivity index is 1.59. The summed E-state index contributed by atoms with van der Waals surface area (Å²) >= 11 is 0. The van der Waals surface area contributed by atoms with Gasteiger partial charge in [0, 0.05) is 12.2 Å². The number of anilines is 1. The molecule has 0 saturated carbocycles. The van der Waals surface area contributed by atoms with Crippen LogP contribution in [0, 0.1) is 0 Å². The fraction of sp³-hybridized carbons (Fsp3) is 0.588. The van der Waals surface area contributed by atoms with Crippen molar-refractivity contribution in [1.82, 2.24) is 9.80 Å². The zero-order valence-corrected chi connectivity index (χ0v) is 12.7. The Morgan fingerprint density at radius 1 is 0.952 bits per heavy atom. The quantitative estimate of drug-likeness (QED) is 0.903. The maximum atomic E-state index is 12.2. The maximum Gasteiger partial charge on any atom is 0.238 e. The number of hydrogen-bond acceptors (Lipinski definition) is 3. The lowest BCUT2D eigenvalue weighted by Gasteiger charge is -2.19. The summed E-state index contributed by atoms with van der Waals surface area (Å²) in [5.74, 6) is 0.116. The van der Waals surface area contributed by atoms with E-state index in [2.05, 4.69) is 27.2 Å². The van der Waals surface area contributed by atoms with Crippen molar-refractivity contribution >= 4 is 11.6 Å². The van der Waals surface area contributed by atoms with Crippen LogP contribution in [-0.4, -0.2) is 48.4 Å². The van der Waals surface area contributed by atoms with Gasteiger partial charge < -0.3 is 5.32 Å². The number of hydrogen-bond donors (Lipinski definition) is 1. The van der Waals surface area contributed by atoms with E-state index in [0.29, 0.717) is 6.54 Å². The summed E-state index contributed by atoms with van der Waals surface area (Å²) in [6, 6.07) is 8.21. The molecule has 2 aliphatic rings. The first-order valence-corrected chi connectivity index (χ1v) is 8.14. The molecule has 1 N–H and O–H groups in total. The van der Waals surface area contributed by atoms with Gasteiger partial charge in [-0.15, -0.1) is 0 Å². The number of carbonyl (C=O) groups excluding carboxylic acids is 1.